The minimum Gasteiger partial charge on any atom is -0.493 e. The fraction of sp³-hybridized carbons (Fsp3) is 0.462. The minimum absolute atomic E-state index is 0.0421. The van der Waals surface area contributed by atoms with E-state index in [1.165, 1.54) is 0 Å². The molecule has 1 aromatic carbocycles. The average molecular weight is 482 g/mol. The number of benzene rings is 1. The Bertz CT molecular complexity index is 1020. The standard InChI is InChI=1S/C26H35N5O4/c1-6-12-31(26(33)19(2)3)18-25(32)30-14-7-13-29(15-16-30)24-11-9-21(27-28-24)20-8-10-22(34-4)23(17-20)35-5/h6,8-11,17,19H,1,7,12-16,18H2,2-5H3. The maximum absolute atomic E-state index is 12.9. The van der Waals surface area contributed by atoms with Gasteiger partial charge in [0.15, 0.2) is 17.3 Å². The fourth-order valence-corrected chi connectivity index (χ4v) is 4.06. The Morgan fingerprint density at radius 2 is 1.83 bits per heavy atom. The zero-order valence-corrected chi connectivity index (χ0v) is 21.1. The molecular formula is C26H35N5O4. The quantitative estimate of drug-likeness (QED) is 0.509. The van der Waals surface area contributed by atoms with Gasteiger partial charge in [-0.3, -0.25) is 9.59 Å². The number of hydrogen-bond acceptors (Lipinski definition) is 7. The number of nitrogens with zero attached hydrogens (tertiary/aromatic N) is 5. The topological polar surface area (TPSA) is 88.1 Å². The van der Waals surface area contributed by atoms with E-state index < -0.39 is 0 Å². The molecule has 0 bridgehead atoms. The van der Waals surface area contributed by atoms with Crippen molar-refractivity contribution in [2.24, 2.45) is 5.92 Å². The van der Waals surface area contributed by atoms with Crippen molar-refractivity contribution in [1.82, 2.24) is 20.0 Å². The van der Waals surface area contributed by atoms with Gasteiger partial charge in [-0.2, -0.15) is 0 Å². The second-order valence-corrected chi connectivity index (χ2v) is 8.73. The molecule has 0 N–H and O–H groups in total. The summed E-state index contributed by atoms with van der Waals surface area (Å²) in [6, 6.07) is 9.51. The van der Waals surface area contributed by atoms with E-state index in [0.29, 0.717) is 37.7 Å². The van der Waals surface area contributed by atoms with E-state index in [0.717, 1.165) is 30.0 Å². The van der Waals surface area contributed by atoms with Crippen molar-refractivity contribution in [1.29, 1.82) is 0 Å². The van der Waals surface area contributed by atoms with Crippen LogP contribution in [0.4, 0.5) is 5.82 Å². The highest BCUT2D eigenvalue weighted by atomic mass is 16.5. The summed E-state index contributed by atoms with van der Waals surface area (Å²) in [6.07, 6.45) is 2.46. The first-order valence-electron chi connectivity index (χ1n) is 11.9. The van der Waals surface area contributed by atoms with Gasteiger partial charge in [0.1, 0.15) is 6.54 Å². The molecule has 2 aromatic rings. The maximum atomic E-state index is 12.9. The SMILES string of the molecule is C=CCN(CC(=O)N1CCCN(c2ccc(-c3ccc(OC)c(OC)c3)nn2)CC1)C(=O)C(C)C. The van der Waals surface area contributed by atoms with Crippen LogP contribution in [0.5, 0.6) is 11.5 Å². The Morgan fingerprint density at radius 3 is 2.46 bits per heavy atom. The van der Waals surface area contributed by atoms with Gasteiger partial charge in [0, 0.05) is 44.2 Å². The average Bonchev–Trinajstić information content (AvgIpc) is 3.14. The van der Waals surface area contributed by atoms with E-state index in [1.54, 1.807) is 25.2 Å². The van der Waals surface area contributed by atoms with E-state index >= 15 is 0 Å². The summed E-state index contributed by atoms with van der Waals surface area (Å²) in [5, 5.41) is 8.85. The number of methoxy groups -OCH3 is 2. The van der Waals surface area contributed by atoms with Crippen LogP contribution in [0.25, 0.3) is 11.3 Å². The number of anilines is 1. The summed E-state index contributed by atoms with van der Waals surface area (Å²) < 4.78 is 10.7. The van der Waals surface area contributed by atoms with Crippen LogP contribution in [0, 0.1) is 5.92 Å². The summed E-state index contributed by atoms with van der Waals surface area (Å²) in [7, 11) is 3.20. The number of carbonyl (C=O) groups excluding carboxylic acids is 2. The summed E-state index contributed by atoms with van der Waals surface area (Å²) in [5.74, 6) is 1.81. The smallest absolute Gasteiger partial charge is 0.242 e. The Balaban J connectivity index is 1.63. The van der Waals surface area contributed by atoms with Gasteiger partial charge >= 0.3 is 0 Å². The van der Waals surface area contributed by atoms with Crippen molar-refractivity contribution in [2.45, 2.75) is 20.3 Å². The van der Waals surface area contributed by atoms with Gasteiger partial charge in [0.2, 0.25) is 11.8 Å². The van der Waals surface area contributed by atoms with Gasteiger partial charge in [-0.1, -0.05) is 19.9 Å². The Kier molecular flexibility index (Phi) is 9.05. The van der Waals surface area contributed by atoms with Gasteiger partial charge < -0.3 is 24.2 Å². The first kappa shape index (κ1) is 26.0. The third-order valence-electron chi connectivity index (χ3n) is 5.98. The van der Waals surface area contributed by atoms with E-state index in [1.807, 2.05) is 49.1 Å². The number of aromatic nitrogens is 2. The van der Waals surface area contributed by atoms with Gasteiger partial charge in [0.25, 0.3) is 0 Å². The van der Waals surface area contributed by atoms with Crippen molar-refractivity contribution >= 4 is 17.6 Å². The first-order valence-corrected chi connectivity index (χ1v) is 11.9. The molecule has 9 heteroatoms. The second kappa shape index (κ2) is 12.2. The van der Waals surface area contributed by atoms with Crippen molar-refractivity contribution in [3.63, 3.8) is 0 Å². The number of carbonyl (C=O) groups is 2. The number of ether oxygens (including phenoxy) is 2. The van der Waals surface area contributed by atoms with Crippen molar-refractivity contribution in [3.05, 3.63) is 43.0 Å². The molecule has 2 heterocycles. The predicted molar refractivity (Wildman–Crippen MR) is 136 cm³/mol. The number of rotatable bonds is 9. The van der Waals surface area contributed by atoms with Crippen LogP contribution in [0.2, 0.25) is 0 Å². The van der Waals surface area contributed by atoms with Crippen LogP contribution in [0.3, 0.4) is 0 Å². The van der Waals surface area contributed by atoms with Gasteiger partial charge in [0.05, 0.1) is 19.9 Å². The molecule has 0 aliphatic carbocycles. The molecule has 3 rings (SSSR count). The summed E-state index contributed by atoms with van der Waals surface area (Å²) >= 11 is 0. The molecule has 1 aliphatic rings. The maximum Gasteiger partial charge on any atom is 0.242 e. The van der Waals surface area contributed by atoms with Crippen LogP contribution in [-0.4, -0.2) is 85.3 Å². The molecule has 1 aromatic heterocycles. The molecule has 0 saturated carbocycles. The minimum atomic E-state index is -0.164. The second-order valence-electron chi connectivity index (χ2n) is 8.73. The summed E-state index contributed by atoms with van der Waals surface area (Å²) in [6.45, 7) is 10.5. The molecular weight excluding hydrogens is 446 g/mol. The molecule has 1 aliphatic heterocycles. The highest BCUT2D eigenvalue weighted by molar-refractivity contribution is 5.85. The van der Waals surface area contributed by atoms with Gasteiger partial charge in [-0.05, 0) is 36.8 Å². The molecule has 0 spiro atoms. The molecule has 35 heavy (non-hydrogen) atoms. The monoisotopic (exact) mass is 481 g/mol. The fourth-order valence-electron chi connectivity index (χ4n) is 4.06. The molecule has 188 valence electrons. The van der Waals surface area contributed by atoms with Crippen LogP contribution in [0.15, 0.2) is 43.0 Å². The van der Waals surface area contributed by atoms with Crippen molar-refractivity contribution in [2.75, 3.05) is 58.4 Å². The normalized spacial score (nSPS) is 13.9. The zero-order chi connectivity index (χ0) is 25.4. The molecule has 0 atom stereocenters. The number of hydrogen-bond donors (Lipinski definition) is 0. The molecule has 2 amide bonds. The Morgan fingerprint density at radius 1 is 1.06 bits per heavy atom. The van der Waals surface area contributed by atoms with Crippen LogP contribution in [0.1, 0.15) is 20.3 Å². The molecule has 9 nitrogen and oxygen atoms in total. The van der Waals surface area contributed by atoms with E-state index in [2.05, 4.69) is 21.7 Å². The highest BCUT2D eigenvalue weighted by Gasteiger charge is 2.24. The highest BCUT2D eigenvalue weighted by Crippen LogP contribution is 2.31. The van der Waals surface area contributed by atoms with Gasteiger partial charge in [-0.15, -0.1) is 16.8 Å². The van der Waals surface area contributed by atoms with E-state index in [4.69, 9.17) is 9.47 Å². The molecule has 0 unspecified atom stereocenters. The lowest BCUT2D eigenvalue weighted by atomic mass is 10.1. The number of amides is 2. The van der Waals surface area contributed by atoms with Crippen LogP contribution < -0.4 is 14.4 Å². The zero-order valence-electron chi connectivity index (χ0n) is 21.1. The Labute approximate surface area is 207 Å². The molecule has 1 fully saturated rings. The third kappa shape index (κ3) is 6.49. The van der Waals surface area contributed by atoms with E-state index in [9.17, 15) is 9.59 Å². The lowest BCUT2D eigenvalue weighted by Crippen LogP contribution is -2.45. The van der Waals surface area contributed by atoms with Crippen LogP contribution >= 0.6 is 0 Å². The van der Waals surface area contributed by atoms with Crippen molar-refractivity contribution in [3.8, 4) is 22.8 Å². The molecule has 1 saturated heterocycles. The predicted octanol–water partition coefficient (Wildman–Crippen LogP) is 2.87. The van der Waals surface area contributed by atoms with Gasteiger partial charge in [-0.25, -0.2) is 0 Å². The summed E-state index contributed by atoms with van der Waals surface area (Å²) in [4.78, 5) is 30.9. The van der Waals surface area contributed by atoms with Crippen LogP contribution in [-0.2, 0) is 9.59 Å². The first-order chi connectivity index (χ1) is 16.9. The third-order valence-corrected chi connectivity index (χ3v) is 5.98. The lowest BCUT2D eigenvalue weighted by Gasteiger charge is -2.27. The molecule has 0 radical (unpaired) electrons. The van der Waals surface area contributed by atoms with Crippen molar-refractivity contribution < 1.29 is 19.1 Å². The summed E-state index contributed by atoms with van der Waals surface area (Å²) in [5.41, 5.74) is 1.62. The lowest BCUT2D eigenvalue weighted by molar-refractivity contribution is -0.141. The van der Waals surface area contributed by atoms with E-state index in [-0.39, 0.29) is 24.3 Å². The largest absolute Gasteiger partial charge is 0.493 e. The Hall–Kier alpha value is -3.62.